The van der Waals surface area contributed by atoms with E-state index < -0.39 is 23.6 Å². The number of aliphatic hydroxyl groups is 1. The lowest BCUT2D eigenvalue weighted by molar-refractivity contribution is -0.300. The Morgan fingerprint density at radius 1 is 1.00 bits per heavy atom. The van der Waals surface area contributed by atoms with Crippen LogP contribution in [-0.4, -0.2) is 65.6 Å². The van der Waals surface area contributed by atoms with E-state index in [1.165, 1.54) is 12.4 Å². The molecule has 3 aromatic rings. The van der Waals surface area contributed by atoms with Crippen LogP contribution in [-0.2, 0) is 13.1 Å². The van der Waals surface area contributed by atoms with Crippen molar-refractivity contribution in [1.29, 1.82) is 0 Å². The molecule has 1 saturated heterocycles. The molecular weight excluding hydrogens is 526 g/mol. The Morgan fingerprint density at radius 2 is 1.71 bits per heavy atom. The van der Waals surface area contributed by atoms with Crippen molar-refractivity contribution in [1.82, 2.24) is 29.6 Å². The highest BCUT2D eigenvalue weighted by atomic mass is 35.5. The summed E-state index contributed by atoms with van der Waals surface area (Å²) in [5.74, 6) is 1.75. The maximum atomic E-state index is 13.3. The van der Waals surface area contributed by atoms with Crippen molar-refractivity contribution in [2.45, 2.75) is 62.5 Å². The van der Waals surface area contributed by atoms with Crippen LogP contribution in [0.25, 0.3) is 5.69 Å². The quantitative estimate of drug-likeness (QED) is 0.494. The van der Waals surface area contributed by atoms with Gasteiger partial charge in [-0.25, -0.2) is 14.4 Å². The zero-order chi connectivity index (χ0) is 26.4. The first-order valence-corrected chi connectivity index (χ1v) is 12.9. The summed E-state index contributed by atoms with van der Waals surface area (Å²) in [4.78, 5) is 12.1. The fourth-order valence-corrected chi connectivity index (χ4v) is 6.78. The van der Waals surface area contributed by atoms with E-state index in [4.69, 9.17) is 11.6 Å². The Labute approximate surface area is 220 Å². The van der Waals surface area contributed by atoms with Crippen LogP contribution in [0.2, 0.25) is 5.02 Å². The van der Waals surface area contributed by atoms with E-state index in [2.05, 4.69) is 20.2 Å². The molecule has 3 fully saturated rings. The van der Waals surface area contributed by atoms with Crippen molar-refractivity contribution in [2.75, 3.05) is 18.0 Å². The highest BCUT2D eigenvalue weighted by Crippen LogP contribution is 2.56. The Morgan fingerprint density at radius 3 is 2.39 bits per heavy atom. The monoisotopic (exact) mass is 549 g/mol. The third kappa shape index (κ3) is 3.71. The summed E-state index contributed by atoms with van der Waals surface area (Å²) in [5.41, 5.74) is -0.747. The van der Waals surface area contributed by atoms with E-state index in [0.717, 1.165) is 43.0 Å². The van der Waals surface area contributed by atoms with E-state index in [1.54, 1.807) is 6.07 Å². The Balaban J connectivity index is 1.11. The van der Waals surface area contributed by atoms with E-state index in [-0.39, 0.29) is 24.2 Å². The second kappa shape index (κ2) is 8.09. The Bertz CT molecular complexity index is 1390. The largest absolute Gasteiger partial charge is 0.417 e. The van der Waals surface area contributed by atoms with Gasteiger partial charge < -0.3 is 10.0 Å². The van der Waals surface area contributed by atoms with Gasteiger partial charge in [0.2, 0.25) is 5.95 Å². The predicted octanol–water partition coefficient (Wildman–Crippen LogP) is 4.01. The van der Waals surface area contributed by atoms with Crippen LogP contribution in [0.1, 0.15) is 48.8 Å². The normalized spacial score (nSPS) is 26.7. The topological polar surface area (TPSA) is 83.2 Å². The molecule has 8 nitrogen and oxygen atoms in total. The third-order valence-corrected chi connectivity index (χ3v) is 8.85. The smallest absolute Gasteiger partial charge is 0.380 e. The molecule has 0 unspecified atom stereocenters. The minimum Gasteiger partial charge on any atom is -0.380 e. The number of aromatic nitrogens is 5. The average Bonchev–Trinajstić information content (AvgIpc) is 3.10. The van der Waals surface area contributed by atoms with Gasteiger partial charge in [-0.15, -0.1) is 10.2 Å². The fourth-order valence-electron chi connectivity index (χ4n) is 6.58. The molecule has 4 heterocycles. The van der Waals surface area contributed by atoms with Gasteiger partial charge in [-0.3, -0.25) is 9.47 Å². The highest BCUT2D eigenvalue weighted by Gasteiger charge is 2.62. The summed E-state index contributed by atoms with van der Waals surface area (Å²) in [7, 11) is 0. The van der Waals surface area contributed by atoms with Gasteiger partial charge in [-0.2, -0.15) is 13.2 Å². The number of halogens is 5. The van der Waals surface area contributed by atoms with Crippen molar-refractivity contribution in [3.05, 3.63) is 58.6 Å². The SMILES string of the molecule is OC1(C(F)(F)F)CC(N2Cc3cc(Cl)ccc3-n3c(nnc3C3CC4(C3)CN(c3ncc(F)cn3)C4)C2)C1. The van der Waals surface area contributed by atoms with Gasteiger partial charge in [0.05, 0.1) is 24.6 Å². The number of fused-ring (bicyclic) bond motifs is 3. The highest BCUT2D eigenvalue weighted by molar-refractivity contribution is 6.30. The zero-order valence-electron chi connectivity index (χ0n) is 20.2. The maximum Gasteiger partial charge on any atom is 0.417 e. The lowest BCUT2D eigenvalue weighted by Gasteiger charge is -2.58. The molecule has 0 bridgehead atoms. The first-order chi connectivity index (χ1) is 18.0. The van der Waals surface area contributed by atoms with Crippen molar-refractivity contribution in [3.8, 4) is 5.69 Å². The summed E-state index contributed by atoms with van der Waals surface area (Å²) < 4.78 is 55.0. The first kappa shape index (κ1) is 24.2. The maximum absolute atomic E-state index is 13.3. The van der Waals surface area contributed by atoms with Gasteiger partial charge in [0.15, 0.2) is 17.2 Å². The summed E-state index contributed by atoms with van der Waals surface area (Å²) >= 11 is 6.31. The summed E-state index contributed by atoms with van der Waals surface area (Å²) in [6, 6.07) is 5.12. The molecule has 2 aliphatic carbocycles. The molecule has 13 heteroatoms. The van der Waals surface area contributed by atoms with Gasteiger partial charge in [0.1, 0.15) is 5.82 Å². The minimum absolute atomic E-state index is 0.127. The summed E-state index contributed by atoms with van der Waals surface area (Å²) in [5, 5.41) is 19.6. The van der Waals surface area contributed by atoms with E-state index in [0.29, 0.717) is 29.9 Å². The summed E-state index contributed by atoms with van der Waals surface area (Å²) in [6.45, 7) is 2.31. The van der Waals surface area contributed by atoms with Gasteiger partial charge in [0.25, 0.3) is 0 Å². The van der Waals surface area contributed by atoms with Crippen LogP contribution >= 0.6 is 11.6 Å². The molecule has 200 valence electrons. The molecule has 1 N–H and O–H groups in total. The van der Waals surface area contributed by atoms with E-state index in [1.807, 2.05) is 26.5 Å². The van der Waals surface area contributed by atoms with Crippen LogP contribution in [0, 0.1) is 11.2 Å². The number of nitrogens with zero attached hydrogens (tertiary/aromatic N) is 7. The average molecular weight is 550 g/mol. The molecule has 0 atom stereocenters. The molecule has 1 spiro atoms. The van der Waals surface area contributed by atoms with Crippen LogP contribution in [0.5, 0.6) is 0 Å². The molecule has 7 rings (SSSR count). The van der Waals surface area contributed by atoms with Gasteiger partial charge in [-0.1, -0.05) is 11.6 Å². The van der Waals surface area contributed by atoms with E-state index in [9.17, 15) is 22.7 Å². The number of anilines is 1. The van der Waals surface area contributed by atoms with Crippen LogP contribution in [0.3, 0.4) is 0 Å². The van der Waals surface area contributed by atoms with Crippen molar-refractivity contribution in [2.24, 2.45) is 5.41 Å². The van der Waals surface area contributed by atoms with Crippen LogP contribution < -0.4 is 4.90 Å². The molecule has 0 amide bonds. The van der Waals surface area contributed by atoms with Crippen LogP contribution in [0.15, 0.2) is 30.6 Å². The molecule has 0 radical (unpaired) electrons. The minimum atomic E-state index is -4.65. The first-order valence-electron chi connectivity index (χ1n) is 12.5. The fraction of sp³-hybridized carbons (Fsp3) is 0.520. The predicted molar refractivity (Wildman–Crippen MR) is 128 cm³/mol. The lowest BCUT2D eigenvalue weighted by atomic mass is 9.57. The van der Waals surface area contributed by atoms with Crippen molar-refractivity contribution in [3.63, 3.8) is 0 Å². The number of alkyl halides is 3. The zero-order valence-corrected chi connectivity index (χ0v) is 20.9. The number of hydrogen-bond donors (Lipinski definition) is 1. The molecule has 1 aromatic carbocycles. The molecule has 2 aromatic heterocycles. The lowest BCUT2D eigenvalue weighted by Crippen LogP contribution is -2.62. The second-order valence-corrected chi connectivity index (χ2v) is 11.7. The van der Waals surface area contributed by atoms with Gasteiger partial charge in [0, 0.05) is 54.9 Å². The molecular formula is C25H24ClF4N7O. The number of hydrogen-bond acceptors (Lipinski definition) is 7. The molecule has 4 aliphatic rings. The number of benzene rings is 1. The Hall–Kier alpha value is -2.83. The number of rotatable bonds is 3. The molecule has 2 saturated carbocycles. The third-order valence-electron chi connectivity index (χ3n) is 8.61. The van der Waals surface area contributed by atoms with E-state index >= 15 is 0 Å². The van der Waals surface area contributed by atoms with Crippen LogP contribution in [0.4, 0.5) is 23.5 Å². The molecule has 2 aliphatic heterocycles. The second-order valence-electron chi connectivity index (χ2n) is 11.2. The summed E-state index contributed by atoms with van der Waals surface area (Å²) in [6.07, 6.45) is -1.22. The van der Waals surface area contributed by atoms with Crippen molar-refractivity contribution >= 4 is 17.5 Å². The van der Waals surface area contributed by atoms with Gasteiger partial charge in [-0.05, 0) is 36.6 Å². The molecule has 38 heavy (non-hydrogen) atoms. The standard InChI is InChI=1S/C25H24ClF4N7O/c26-16-1-2-19-14(3-16)10-35(18-6-24(38,7-18)25(28,29)30)11-20-33-34-21(37(19)20)15-4-23(5-15)12-36(13-23)22-31-8-17(27)9-32-22/h1-3,8-9,15,18,38H,4-7,10-13H2. The Kier molecular flexibility index (Phi) is 5.16. The van der Waals surface area contributed by atoms with Crippen molar-refractivity contribution < 1.29 is 22.7 Å². The van der Waals surface area contributed by atoms with Gasteiger partial charge >= 0.3 is 6.18 Å².